The second-order valence-corrected chi connectivity index (χ2v) is 6.98. The van der Waals surface area contributed by atoms with Crippen molar-refractivity contribution in [3.05, 3.63) is 34.9 Å². The fourth-order valence-corrected chi connectivity index (χ4v) is 3.67. The lowest BCUT2D eigenvalue weighted by Crippen LogP contribution is -2.44. The van der Waals surface area contributed by atoms with Crippen LogP contribution in [0.15, 0.2) is 24.3 Å². The molecule has 0 aliphatic carbocycles. The van der Waals surface area contributed by atoms with Crippen molar-refractivity contribution in [2.75, 3.05) is 32.8 Å². The van der Waals surface area contributed by atoms with Crippen LogP contribution in [0.5, 0.6) is 0 Å². The second-order valence-electron chi connectivity index (χ2n) is 6.57. The van der Waals surface area contributed by atoms with Crippen molar-refractivity contribution >= 4 is 17.5 Å². The summed E-state index contributed by atoms with van der Waals surface area (Å²) >= 11 is 6.10. The Morgan fingerprint density at radius 3 is 2.74 bits per heavy atom. The molecule has 2 aliphatic heterocycles. The maximum atomic E-state index is 12.1. The van der Waals surface area contributed by atoms with Crippen molar-refractivity contribution in [3.63, 3.8) is 0 Å². The molecule has 126 valence electrons. The van der Waals surface area contributed by atoms with E-state index in [1.165, 1.54) is 6.42 Å². The highest BCUT2D eigenvalue weighted by atomic mass is 35.5. The molecular formula is C18H25ClN2O2. The monoisotopic (exact) mass is 336 g/mol. The van der Waals surface area contributed by atoms with Gasteiger partial charge in [0.1, 0.15) is 0 Å². The van der Waals surface area contributed by atoms with Gasteiger partial charge in [0.25, 0.3) is 0 Å². The molecular weight excluding hydrogens is 312 g/mol. The number of rotatable bonds is 5. The Kier molecular flexibility index (Phi) is 5.92. The number of nitrogens with zero attached hydrogens (tertiary/aromatic N) is 1. The van der Waals surface area contributed by atoms with Gasteiger partial charge in [-0.15, -0.1) is 0 Å². The molecule has 2 saturated heterocycles. The summed E-state index contributed by atoms with van der Waals surface area (Å²) in [6.45, 7) is 4.82. The number of ether oxygens (including phenoxy) is 1. The van der Waals surface area contributed by atoms with Crippen molar-refractivity contribution in [3.8, 4) is 0 Å². The van der Waals surface area contributed by atoms with Gasteiger partial charge in [0.15, 0.2) is 0 Å². The van der Waals surface area contributed by atoms with Crippen molar-refractivity contribution in [1.29, 1.82) is 0 Å². The molecule has 1 aromatic rings. The van der Waals surface area contributed by atoms with Gasteiger partial charge < -0.3 is 10.1 Å². The first kappa shape index (κ1) is 16.7. The van der Waals surface area contributed by atoms with E-state index in [0.29, 0.717) is 23.4 Å². The van der Waals surface area contributed by atoms with Crippen LogP contribution in [-0.2, 0) is 16.0 Å². The molecule has 1 N–H and O–H groups in total. The molecule has 2 aliphatic rings. The number of benzene rings is 1. The van der Waals surface area contributed by atoms with Crippen LogP contribution in [0.4, 0.5) is 0 Å². The van der Waals surface area contributed by atoms with Gasteiger partial charge in [0, 0.05) is 24.2 Å². The van der Waals surface area contributed by atoms with Gasteiger partial charge in [-0.25, -0.2) is 0 Å². The lowest BCUT2D eigenvalue weighted by Gasteiger charge is -2.35. The minimum atomic E-state index is 0.0599. The maximum absolute atomic E-state index is 12.1. The van der Waals surface area contributed by atoms with Crippen molar-refractivity contribution < 1.29 is 9.53 Å². The smallest absolute Gasteiger partial charge is 0.224 e. The molecule has 5 heteroatoms. The van der Waals surface area contributed by atoms with Crippen molar-refractivity contribution in [2.45, 2.75) is 31.7 Å². The van der Waals surface area contributed by atoms with Gasteiger partial charge in [0.05, 0.1) is 13.0 Å². The van der Waals surface area contributed by atoms with Crippen LogP contribution in [-0.4, -0.2) is 49.7 Å². The van der Waals surface area contributed by atoms with E-state index < -0.39 is 0 Å². The number of carbonyl (C=O) groups is 1. The molecule has 1 aromatic carbocycles. The zero-order chi connectivity index (χ0) is 16.1. The van der Waals surface area contributed by atoms with Crippen molar-refractivity contribution in [1.82, 2.24) is 10.2 Å². The summed E-state index contributed by atoms with van der Waals surface area (Å²) in [5.41, 5.74) is 0.891. The van der Waals surface area contributed by atoms with Crippen LogP contribution in [0, 0.1) is 5.92 Å². The van der Waals surface area contributed by atoms with Crippen LogP contribution < -0.4 is 5.32 Å². The third kappa shape index (κ3) is 4.69. The van der Waals surface area contributed by atoms with E-state index >= 15 is 0 Å². The summed E-state index contributed by atoms with van der Waals surface area (Å²) in [6, 6.07) is 8.14. The number of amides is 1. The molecule has 3 rings (SSSR count). The number of hydrogen-bond donors (Lipinski definition) is 1. The summed E-state index contributed by atoms with van der Waals surface area (Å²) < 4.78 is 5.47. The molecule has 1 amide bonds. The topological polar surface area (TPSA) is 41.6 Å². The van der Waals surface area contributed by atoms with Gasteiger partial charge in [-0.1, -0.05) is 29.8 Å². The first-order valence-electron chi connectivity index (χ1n) is 8.54. The summed E-state index contributed by atoms with van der Waals surface area (Å²) in [7, 11) is 0. The fourth-order valence-electron chi connectivity index (χ4n) is 3.47. The Morgan fingerprint density at radius 2 is 2.04 bits per heavy atom. The number of piperidine rings is 1. The van der Waals surface area contributed by atoms with Gasteiger partial charge in [-0.05, 0) is 49.9 Å². The van der Waals surface area contributed by atoms with Crippen LogP contribution in [0.2, 0.25) is 5.02 Å². The van der Waals surface area contributed by atoms with E-state index in [4.69, 9.17) is 16.3 Å². The predicted octanol–water partition coefficient (Wildman–Crippen LogP) is 2.50. The quantitative estimate of drug-likeness (QED) is 0.898. The molecule has 4 nitrogen and oxygen atoms in total. The number of likely N-dealkylation sites (tertiary alicyclic amines) is 1. The first-order chi connectivity index (χ1) is 11.2. The summed E-state index contributed by atoms with van der Waals surface area (Å²) in [5.74, 6) is 0.647. The third-order valence-electron chi connectivity index (χ3n) is 4.97. The predicted molar refractivity (Wildman–Crippen MR) is 91.7 cm³/mol. The largest absolute Gasteiger partial charge is 0.380 e. The minimum Gasteiger partial charge on any atom is -0.380 e. The highest BCUT2D eigenvalue weighted by molar-refractivity contribution is 6.31. The lowest BCUT2D eigenvalue weighted by molar-refractivity contribution is -0.120. The molecule has 2 heterocycles. The normalized spacial score (nSPS) is 23.1. The minimum absolute atomic E-state index is 0.0599. The second kappa shape index (κ2) is 8.13. The molecule has 2 fully saturated rings. The van der Waals surface area contributed by atoms with Crippen molar-refractivity contribution in [2.24, 2.45) is 5.92 Å². The highest BCUT2D eigenvalue weighted by Gasteiger charge is 2.27. The highest BCUT2D eigenvalue weighted by Crippen LogP contribution is 2.22. The maximum Gasteiger partial charge on any atom is 0.224 e. The third-order valence-corrected chi connectivity index (χ3v) is 5.34. The molecule has 0 radical (unpaired) electrons. The molecule has 0 aromatic heterocycles. The van der Waals surface area contributed by atoms with Gasteiger partial charge in [-0.2, -0.15) is 0 Å². The molecule has 0 spiro atoms. The SMILES string of the molecule is O=C(Cc1ccccc1Cl)NCC1CCN([C@H]2CCOC2)CC1. The summed E-state index contributed by atoms with van der Waals surface area (Å²) in [4.78, 5) is 14.6. The first-order valence-corrected chi connectivity index (χ1v) is 8.92. The summed E-state index contributed by atoms with van der Waals surface area (Å²) in [5, 5.41) is 3.73. The van der Waals surface area contributed by atoms with E-state index in [-0.39, 0.29) is 5.91 Å². The van der Waals surface area contributed by atoms with Gasteiger partial charge >= 0.3 is 0 Å². The standard InChI is InChI=1S/C18H25ClN2O2/c19-17-4-2-1-3-15(17)11-18(22)20-12-14-5-8-21(9-6-14)16-7-10-23-13-16/h1-4,14,16H,5-13H2,(H,20,22)/t16-/m0/s1. The van der Waals surface area contributed by atoms with Gasteiger partial charge in [-0.3, -0.25) is 9.69 Å². The average molecular weight is 337 g/mol. The van der Waals surface area contributed by atoms with E-state index in [0.717, 1.165) is 51.3 Å². The Bertz CT molecular complexity index is 524. The molecule has 0 bridgehead atoms. The zero-order valence-electron chi connectivity index (χ0n) is 13.5. The molecule has 23 heavy (non-hydrogen) atoms. The van der Waals surface area contributed by atoms with Crippen LogP contribution in [0.3, 0.4) is 0 Å². The Balaban J connectivity index is 1.38. The lowest BCUT2D eigenvalue weighted by atomic mass is 9.95. The van der Waals surface area contributed by atoms with E-state index in [1.807, 2.05) is 24.3 Å². The number of nitrogens with one attached hydrogen (secondary N) is 1. The van der Waals surface area contributed by atoms with E-state index in [1.54, 1.807) is 0 Å². The summed E-state index contributed by atoms with van der Waals surface area (Å²) in [6.07, 6.45) is 3.84. The van der Waals surface area contributed by atoms with E-state index in [9.17, 15) is 4.79 Å². The molecule has 0 saturated carbocycles. The average Bonchev–Trinajstić information content (AvgIpc) is 3.10. The van der Waals surface area contributed by atoms with Crippen LogP contribution in [0.1, 0.15) is 24.8 Å². The number of halogens is 1. The van der Waals surface area contributed by atoms with E-state index in [2.05, 4.69) is 10.2 Å². The Labute approximate surface area is 143 Å². The van der Waals surface area contributed by atoms with Gasteiger partial charge in [0.2, 0.25) is 5.91 Å². The van der Waals surface area contributed by atoms with Crippen LogP contribution >= 0.6 is 11.6 Å². The molecule has 1 atom stereocenters. The Hall–Kier alpha value is -1.10. The molecule has 0 unspecified atom stereocenters. The fraction of sp³-hybridized carbons (Fsp3) is 0.611. The zero-order valence-corrected chi connectivity index (χ0v) is 14.2. The number of hydrogen-bond acceptors (Lipinski definition) is 3. The Morgan fingerprint density at radius 1 is 1.26 bits per heavy atom. The number of carbonyl (C=O) groups excluding carboxylic acids is 1. The van der Waals surface area contributed by atoms with Crippen LogP contribution in [0.25, 0.3) is 0 Å².